The number of pyridine rings is 1. The van der Waals surface area contributed by atoms with Gasteiger partial charge in [0.2, 0.25) is 5.91 Å². The molecule has 1 aliphatic rings. The molecule has 0 radical (unpaired) electrons. The van der Waals surface area contributed by atoms with Crippen molar-refractivity contribution >= 4 is 27.4 Å². The van der Waals surface area contributed by atoms with Crippen molar-refractivity contribution in [2.75, 3.05) is 35.8 Å². The van der Waals surface area contributed by atoms with Crippen LogP contribution in [0.4, 0.5) is 15.9 Å². The van der Waals surface area contributed by atoms with Crippen LogP contribution in [0.1, 0.15) is 25.2 Å². The number of carbonyl (C=O) groups excluding carboxylic acids is 1. The van der Waals surface area contributed by atoms with E-state index in [0.29, 0.717) is 49.5 Å². The minimum absolute atomic E-state index is 0.0441. The van der Waals surface area contributed by atoms with Gasteiger partial charge in [-0.2, -0.15) is 0 Å². The third-order valence-corrected chi connectivity index (χ3v) is 7.39. The van der Waals surface area contributed by atoms with Crippen molar-refractivity contribution in [3.8, 4) is 11.1 Å². The maximum absolute atomic E-state index is 13.3. The molecule has 0 atom stereocenters. The molecule has 1 N–H and O–H groups in total. The van der Waals surface area contributed by atoms with Crippen LogP contribution < -0.4 is 9.62 Å². The fourth-order valence-electron chi connectivity index (χ4n) is 4.04. The normalized spacial score (nSPS) is 14.2. The third kappa shape index (κ3) is 5.24. The van der Waals surface area contributed by atoms with Gasteiger partial charge in [0, 0.05) is 50.4 Å². The predicted molar refractivity (Wildman–Crippen MR) is 131 cm³/mol. The predicted octanol–water partition coefficient (Wildman–Crippen LogP) is 3.02. The van der Waals surface area contributed by atoms with Crippen molar-refractivity contribution < 1.29 is 17.6 Å². The maximum Gasteiger partial charge on any atom is 0.261 e. The van der Waals surface area contributed by atoms with E-state index >= 15 is 0 Å². The molecule has 0 spiro atoms. The highest BCUT2D eigenvalue weighted by Gasteiger charge is 2.25. The van der Waals surface area contributed by atoms with Crippen molar-refractivity contribution in [3.05, 3.63) is 60.1 Å². The van der Waals surface area contributed by atoms with Crippen LogP contribution in [-0.2, 0) is 21.2 Å². The number of benzene rings is 1. The Morgan fingerprint density at radius 2 is 1.77 bits per heavy atom. The summed E-state index contributed by atoms with van der Waals surface area (Å²) in [6, 6.07) is 6.34. The van der Waals surface area contributed by atoms with E-state index in [1.54, 1.807) is 31.0 Å². The molecule has 2 aromatic heterocycles. The molecule has 3 aromatic rings. The van der Waals surface area contributed by atoms with Crippen molar-refractivity contribution in [3.63, 3.8) is 0 Å². The van der Waals surface area contributed by atoms with Crippen molar-refractivity contribution in [1.29, 1.82) is 0 Å². The second-order valence-electron chi connectivity index (χ2n) is 8.28. The fourth-order valence-corrected chi connectivity index (χ4v) is 5.15. The molecule has 11 heteroatoms. The SMILES string of the molecule is CCc1ncnc(N2CCN(C(C)=O)CC2)c1-c1cnc(C)c(NS(=O)(=O)c2ccc(F)cc2)c1. The standard InChI is InChI=1S/C24H27FN6O3S/c1-4-21-23(24(28-15-27-21)31-11-9-30(10-12-31)17(3)32)18-13-22(16(2)26-14-18)29-35(33,34)20-7-5-19(25)6-8-20/h5-8,13-15,29H,4,9-12H2,1-3H3. The van der Waals surface area contributed by atoms with Crippen molar-refractivity contribution in [2.24, 2.45) is 0 Å². The van der Waals surface area contributed by atoms with E-state index in [4.69, 9.17) is 0 Å². The van der Waals surface area contributed by atoms with E-state index in [-0.39, 0.29) is 10.8 Å². The van der Waals surface area contributed by atoms with Crippen LogP contribution in [0.5, 0.6) is 0 Å². The van der Waals surface area contributed by atoms with Gasteiger partial charge in [0.25, 0.3) is 10.0 Å². The van der Waals surface area contributed by atoms with Crippen LogP contribution in [0.2, 0.25) is 0 Å². The Hall–Kier alpha value is -3.60. The number of halogens is 1. The lowest BCUT2D eigenvalue weighted by molar-refractivity contribution is -0.129. The number of carbonyl (C=O) groups is 1. The van der Waals surface area contributed by atoms with E-state index < -0.39 is 15.8 Å². The molecule has 0 bridgehead atoms. The molecular weight excluding hydrogens is 471 g/mol. The van der Waals surface area contributed by atoms with Gasteiger partial charge in [-0.1, -0.05) is 6.92 Å². The molecular formula is C24H27FN6O3S. The van der Waals surface area contributed by atoms with Crippen LogP contribution in [-0.4, -0.2) is 60.4 Å². The number of nitrogens with one attached hydrogen (secondary N) is 1. The van der Waals surface area contributed by atoms with E-state index in [9.17, 15) is 17.6 Å². The van der Waals surface area contributed by atoms with E-state index in [1.165, 1.54) is 18.5 Å². The summed E-state index contributed by atoms with van der Waals surface area (Å²) in [5.74, 6) is 0.248. The zero-order valence-electron chi connectivity index (χ0n) is 19.8. The Morgan fingerprint density at radius 3 is 2.40 bits per heavy atom. The Labute approximate surface area is 204 Å². The minimum atomic E-state index is -3.95. The molecule has 1 fully saturated rings. The molecule has 1 aromatic carbocycles. The fraction of sp³-hybridized carbons (Fsp3) is 0.333. The molecule has 0 saturated carbocycles. The number of sulfonamides is 1. The first-order valence-electron chi connectivity index (χ1n) is 11.3. The number of hydrogen-bond acceptors (Lipinski definition) is 7. The number of rotatable bonds is 6. The van der Waals surface area contributed by atoms with Gasteiger partial charge >= 0.3 is 0 Å². The van der Waals surface area contributed by atoms with E-state index in [0.717, 1.165) is 29.2 Å². The lowest BCUT2D eigenvalue weighted by Crippen LogP contribution is -2.48. The topological polar surface area (TPSA) is 108 Å². The first kappa shape index (κ1) is 24.5. The van der Waals surface area contributed by atoms with Crippen LogP contribution in [0, 0.1) is 12.7 Å². The summed E-state index contributed by atoms with van der Waals surface area (Å²) >= 11 is 0. The highest BCUT2D eigenvalue weighted by atomic mass is 32.2. The quantitative estimate of drug-likeness (QED) is 0.557. The Morgan fingerprint density at radius 1 is 1.09 bits per heavy atom. The molecule has 9 nitrogen and oxygen atoms in total. The van der Waals surface area contributed by atoms with Crippen LogP contribution >= 0.6 is 0 Å². The van der Waals surface area contributed by atoms with Gasteiger partial charge in [0.05, 0.1) is 22.0 Å². The molecule has 4 rings (SSSR count). The highest BCUT2D eigenvalue weighted by Crippen LogP contribution is 2.34. The van der Waals surface area contributed by atoms with Crippen LogP contribution in [0.3, 0.4) is 0 Å². The minimum Gasteiger partial charge on any atom is -0.352 e. The molecule has 0 aliphatic carbocycles. The Kier molecular flexibility index (Phi) is 6.97. The highest BCUT2D eigenvalue weighted by molar-refractivity contribution is 7.92. The number of piperazine rings is 1. The van der Waals surface area contributed by atoms with E-state index in [1.807, 2.05) is 6.92 Å². The summed E-state index contributed by atoms with van der Waals surface area (Å²) in [7, 11) is -3.95. The summed E-state index contributed by atoms with van der Waals surface area (Å²) < 4.78 is 41.7. The third-order valence-electron chi connectivity index (χ3n) is 6.01. The largest absolute Gasteiger partial charge is 0.352 e. The van der Waals surface area contributed by atoms with Crippen LogP contribution in [0.15, 0.2) is 47.8 Å². The first-order chi connectivity index (χ1) is 16.7. The van der Waals surface area contributed by atoms with Gasteiger partial charge in [0.1, 0.15) is 18.0 Å². The second kappa shape index (κ2) is 9.95. The summed E-state index contributed by atoms with van der Waals surface area (Å²) in [6.07, 6.45) is 3.84. The van der Waals surface area contributed by atoms with Gasteiger partial charge in [-0.25, -0.2) is 22.8 Å². The first-order valence-corrected chi connectivity index (χ1v) is 12.8. The smallest absolute Gasteiger partial charge is 0.261 e. The number of aryl methyl sites for hydroxylation is 2. The lowest BCUT2D eigenvalue weighted by Gasteiger charge is -2.36. The molecule has 1 aliphatic heterocycles. The van der Waals surface area contributed by atoms with Crippen molar-refractivity contribution in [2.45, 2.75) is 32.1 Å². The van der Waals surface area contributed by atoms with Gasteiger partial charge in [0.15, 0.2) is 0 Å². The Balaban J connectivity index is 1.71. The molecule has 35 heavy (non-hydrogen) atoms. The maximum atomic E-state index is 13.3. The number of amides is 1. The van der Waals surface area contributed by atoms with Gasteiger partial charge in [-0.05, 0) is 43.7 Å². The molecule has 0 unspecified atom stereocenters. The zero-order valence-corrected chi connectivity index (χ0v) is 20.6. The summed E-state index contributed by atoms with van der Waals surface area (Å²) in [5, 5.41) is 0. The van der Waals surface area contributed by atoms with Crippen LogP contribution in [0.25, 0.3) is 11.1 Å². The number of anilines is 2. The van der Waals surface area contributed by atoms with E-state index in [2.05, 4.69) is 24.6 Å². The number of nitrogens with zero attached hydrogens (tertiary/aromatic N) is 5. The van der Waals surface area contributed by atoms with Crippen molar-refractivity contribution in [1.82, 2.24) is 19.9 Å². The number of aromatic nitrogens is 3. The molecule has 3 heterocycles. The number of hydrogen-bond donors (Lipinski definition) is 1. The molecule has 1 saturated heterocycles. The molecule has 1 amide bonds. The zero-order chi connectivity index (χ0) is 25.2. The van der Waals surface area contributed by atoms with Gasteiger partial charge < -0.3 is 9.80 Å². The summed E-state index contributed by atoms with van der Waals surface area (Å²) in [4.78, 5) is 29.0. The monoisotopic (exact) mass is 498 g/mol. The van der Waals surface area contributed by atoms with Gasteiger partial charge in [-0.3, -0.25) is 14.5 Å². The second-order valence-corrected chi connectivity index (χ2v) is 9.96. The summed E-state index contributed by atoms with van der Waals surface area (Å²) in [5.41, 5.74) is 3.06. The Bertz CT molecular complexity index is 1340. The average Bonchev–Trinajstić information content (AvgIpc) is 2.85. The lowest BCUT2D eigenvalue weighted by atomic mass is 10.0. The average molecular weight is 499 g/mol. The molecule has 184 valence electrons. The summed E-state index contributed by atoms with van der Waals surface area (Å²) in [6.45, 7) is 7.68. The van der Waals surface area contributed by atoms with Gasteiger partial charge in [-0.15, -0.1) is 0 Å².